The molecule has 5 rings (SSSR count). The smallest absolute Gasteiger partial charge is 0.416 e. The number of benzene rings is 3. The summed E-state index contributed by atoms with van der Waals surface area (Å²) in [7, 11) is 0. The average Bonchev–Trinajstić information content (AvgIpc) is 3.41. The van der Waals surface area contributed by atoms with Crippen molar-refractivity contribution in [1.29, 1.82) is 0 Å². The highest BCUT2D eigenvalue weighted by atomic mass is 35.5. The molecule has 184 valence electrons. The van der Waals surface area contributed by atoms with Crippen molar-refractivity contribution >= 4 is 23.3 Å². The van der Waals surface area contributed by atoms with Crippen LogP contribution in [0.2, 0.25) is 0 Å². The average molecular weight is 512 g/mol. The lowest BCUT2D eigenvalue weighted by Crippen LogP contribution is -2.05. The maximum absolute atomic E-state index is 13.3. The van der Waals surface area contributed by atoms with Crippen LogP contribution in [0.15, 0.2) is 72.8 Å². The summed E-state index contributed by atoms with van der Waals surface area (Å²) in [4.78, 5) is 4.44. The monoisotopic (exact) mass is 511 g/mol. The standard InChI is InChI=1S/C26H20F3N5O.ClH/c1-2-19-14-24(22-13-18(26(27,28)29)11-12-23(22)30-19)35-15-16-7-9-17(10-8-16)20-5-3-4-6-21(20)25-31-33-34-32-25;/h3-14H,2,15H2,1H3,(H,31,32,33,34);1H. The normalized spacial score (nSPS) is 11.3. The minimum Gasteiger partial charge on any atom is -0.488 e. The van der Waals surface area contributed by atoms with E-state index in [1.54, 1.807) is 6.07 Å². The van der Waals surface area contributed by atoms with Crippen molar-refractivity contribution in [3.63, 3.8) is 0 Å². The van der Waals surface area contributed by atoms with Gasteiger partial charge in [-0.05, 0) is 46.5 Å². The molecule has 0 spiro atoms. The summed E-state index contributed by atoms with van der Waals surface area (Å²) in [5.41, 5.74) is 4.13. The highest BCUT2D eigenvalue weighted by Gasteiger charge is 2.31. The maximum atomic E-state index is 13.3. The van der Waals surface area contributed by atoms with Crippen molar-refractivity contribution in [3.05, 3.63) is 89.6 Å². The quantitative estimate of drug-likeness (QED) is 0.276. The number of fused-ring (bicyclic) bond motifs is 1. The number of H-pyrrole nitrogens is 1. The van der Waals surface area contributed by atoms with Crippen molar-refractivity contribution in [3.8, 4) is 28.3 Å². The molecule has 0 bridgehead atoms. The fourth-order valence-electron chi connectivity index (χ4n) is 3.87. The molecule has 0 saturated carbocycles. The number of nitrogens with one attached hydrogen (secondary N) is 1. The third kappa shape index (κ3) is 5.16. The van der Waals surface area contributed by atoms with Gasteiger partial charge >= 0.3 is 6.18 Å². The number of aromatic amines is 1. The van der Waals surface area contributed by atoms with Gasteiger partial charge in [0.25, 0.3) is 0 Å². The van der Waals surface area contributed by atoms with Crippen LogP contribution in [-0.2, 0) is 19.2 Å². The van der Waals surface area contributed by atoms with Crippen molar-refractivity contribution < 1.29 is 17.9 Å². The Morgan fingerprint density at radius 1 is 0.917 bits per heavy atom. The van der Waals surface area contributed by atoms with Gasteiger partial charge in [0.05, 0.1) is 11.1 Å². The summed E-state index contributed by atoms with van der Waals surface area (Å²) in [6.45, 7) is 2.14. The van der Waals surface area contributed by atoms with Gasteiger partial charge < -0.3 is 4.74 Å². The van der Waals surface area contributed by atoms with Crippen LogP contribution in [0.5, 0.6) is 5.75 Å². The second-order valence-electron chi connectivity index (χ2n) is 7.96. The number of pyridine rings is 1. The van der Waals surface area contributed by atoms with Crippen LogP contribution in [0.1, 0.15) is 23.7 Å². The third-order valence-corrected chi connectivity index (χ3v) is 5.69. The third-order valence-electron chi connectivity index (χ3n) is 5.69. The van der Waals surface area contributed by atoms with Gasteiger partial charge in [0.15, 0.2) is 0 Å². The lowest BCUT2D eigenvalue weighted by molar-refractivity contribution is -0.137. The Morgan fingerprint density at radius 3 is 2.33 bits per heavy atom. The van der Waals surface area contributed by atoms with Gasteiger partial charge in [0.1, 0.15) is 12.4 Å². The van der Waals surface area contributed by atoms with Crippen molar-refractivity contribution in [1.82, 2.24) is 25.6 Å². The van der Waals surface area contributed by atoms with Gasteiger partial charge in [-0.2, -0.15) is 18.4 Å². The molecule has 0 saturated heterocycles. The molecule has 0 amide bonds. The molecule has 1 N–H and O–H groups in total. The van der Waals surface area contributed by atoms with Gasteiger partial charge in [0, 0.05) is 22.7 Å². The van der Waals surface area contributed by atoms with Gasteiger partial charge in [-0.25, -0.2) is 0 Å². The molecule has 36 heavy (non-hydrogen) atoms. The molecule has 0 aliphatic rings. The maximum Gasteiger partial charge on any atom is 0.416 e. The molecule has 5 aromatic rings. The van der Waals surface area contributed by atoms with Crippen LogP contribution in [0.3, 0.4) is 0 Å². The molecular formula is C26H21ClF3N5O. The number of aryl methyl sites for hydroxylation is 1. The molecule has 0 aliphatic carbocycles. The van der Waals surface area contributed by atoms with Crippen LogP contribution >= 0.6 is 12.4 Å². The SMILES string of the molecule is CCc1cc(OCc2ccc(-c3ccccc3-c3nn[nH]n3)cc2)c2cc(C(F)(F)F)ccc2n1.Cl. The number of alkyl halides is 3. The molecule has 0 aliphatic heterocycles. The summed E-state index contributed by atoms with van der Waals surface area (Å²) >= 11 is 0. The van der Waals surface area contributed by atoms with E-state index in [0.717, 1.165) is 40.1 Å². The first-order valence-electron chi connectivity index (χ1n) is 11.0. The number of aromatic nitrogens is 5. The Kier molecular flexibility index (Phi) is 7.21. The van der Waals surface area contributed by atoms with Crippen molar-refractivity contribution in [2.45, 2.75) is 26.1 Å². The topological polar surface area (TPSA) is 76.6 Å². The minimum atomic E-state index is -4.44. The number of rotatable bonds is 6. The second kappa shape index (κ2) is 10.3. The number of ether oxygens (including phenoxy) is 1. The highest BCUT2D eigenvalue weighted by molar-refractivity contribution is 5.86. The van der Waals surface area contributed by atoms with Crippen molar-refractivity contribution in [2.24, 2.45) is 0 Å². The predicted molar refractivity (Wildman–Crippen MR) is 133 cm³/mol. The van der Waals surface area contributed by atoms with Crippen molar-refractivity contribution in [2.75, 3.05) is 0 Å². The predicted octanol–water partition coefficient (Wildman–Crippen LogP) is 6.66. The molecule has 10 heteroatoms. The highest BCUT2D eigenvalue weighted by Crippen LogP contribution is 2.35. The number of tetrazole rings is 1. The molecule has 0 atom stereocenters. The molecule has 0 radical (unpaired) electrons. The largest absolute Gasteiger partial charge is 0.488 e. The molecule has 2 heterocycles. The van der Waals surface area contributed by atoms with E-state index in [1.807, 2.05) is 55.5 Å². The zero-order chi connectivity index (χ0) is 24.4. The Bertz CT molecular complexity index is 1470. The van der Waals surface area contributed by atoms with E-state index in [2.05, 4.69) is 25.6 Å². The summed E-state index contributed by atoms with van der Waals surface area (Å²) in [5, 5.41) is 14.6. The molecule has 6 nitrogen and oxygen atoms in total. The van der Waals surface area contributed by atoms with E-state index in [9.17, 15) is 13.2 Å². The minimum absolute atomic E-state index is 0. The van der Waals surface area contributed by atoms with Crippen LogP contribution in [0.25, 0.3) is 33.4 Å². The first-order chi connectivity index (χ1) is 16.9. The van der Waals surface area contributed by atoms with E-state index >= 15 is 0 Å². The van der Waals surface area contributed by atoms with Gasteiger partial charge in [0.2, 0.25) is 5.82 Å². The molecule has 3 aromatic carbocycles. The van der Waals surface area contributed by atoms with Crippen LogP contribution < -0.4 is 4.74 Å². The van der Waals surface area contributed by atoms with E-state index in [1.165, 1.54) is 6.07 Å². The zero-order valence-electron chi connectivity index (χ0n) is 19.1. The fraction of sp³-hybridized carbons (Fsp3) is 0.154. The first-order valence-corrected chi connectivity index (χ1v) is 11.0. The molecule has 0 fully saturated rings. The second-order valence-corrected chi connectivity index (χ2v) is 7.96. The van der Waals surface area contributed by atoms with Gasteiger partial charge in [-0.15, -0.1) is 22.6 Å². The molecule has 0 unspecified atom stereocenters. The lowest BCUT2D eigenvalue weighted by Gasteiger charge is -2.14. The number of halogens is 4. The lowest BCUT2D eigenvalue weighted by atomic mass is 9.98. The number of hydrogen-bond acceptors (Lipinski definition) is 5. The Hall–Kier alpha value is -3.98. The van der Waals surface area contributed by atoms with E-state index in [0.29, 0.717) is 28.9 Å². The summed E-state index contributed by atoms with van der Waals surface area (Å²) < 4.78 is 45.8. The molecule has 2 aromatic heterocycles. The van der Waals surface area contributed by atoms with E-state index in [-0.39, 0.29) is 19.0 Å². The summed E-state index contributed by atoms with van der Waals surface area (Å²) in [6.07, 6.45) is -3.80. The Morgan fingerprint density at radius 2 is 1.67 bits per heavy atom. The van der Waals surface area contributed by atoms with Crippen LogP contribution in [0, 0.1) is 0 Å². The van der Waals surface area contributed by atoms with Crippen LogP contribution in [0.4, 0.5) is 13.2 Å². The number of hydrogen-bond donors (Lipinski definition) is 1. The zero-order valence-corrected chi connectivity index (χ0v) is 19.9. The summed E-state index contributed by atoms with van der Waals surface area (Å²) in [6, 6.07) is 20.7. The van der Waals surface area contributed by atoms with E-state index < -0.39 is 11.7 Å². The van der Waals surface area contributed by atoms with E-state index in [4.69, 9.17) is 4.74 Å². The van der Waals surface area contributed by atoms with Crippen LogP contribution in [-0.4, -0.2) is 25.6 Å². The fourth-order valence-corrected chi connectivity index (χ4v) is 3.87. The Labute approximate surface area is 211 Å². The first kappa shape index (κ1) is 25.1. The van der Waals surface area contributed by atoms with Gasteiger partial charge in [-0.1, -0.05) is 55.5 Å². The summed E-state index contributed by atoms with van der Waals surface area (Å²) in [5.74, 6) is 0.881. The number of nitrogens with zero attached hydrogens (tertiary/aromatic N) is 4. The Balaban J connectivity index is 0.00000304. The van der Waals surface area contributed by atoms with Gasteiger partial charge in [-0.3, -0.25) is 4.98 Å². The molecular weight excluding hydrogens is 491 g/mol.